The molecule has 3 aromatic rings. The number of aromatic amines is 1. The Kier molecular flexibility index (Phi) is 28.3. The molecule has 1 aromatic heterocycles. The first kappa shape index (κ1) is 65.0. The SMILES string of the molecule is CCN(C(=O)OC(C)(C)C)C(CC[C@@H](COCc1ccccc1)OC)C(N)=NOC(=CC(=O)OC)C(=O)OC.CCN(C(=O)OC(C)(C)C)C(CC[C@@H](COCc1ccccc1)OC)c1nc(C(=O)OC)c(O)c(=O)[nH]1. The van der Waals surface area contributed by atoms with Crippen LogP contribution < -0.4 is 11.3 Å². The molecule has 422 valence electrons. The number of carbonyl (C=O) groups is 5. The van der Waals surface area contributed by atoms with Gasteiger partial charge in [0.15, 0.2) is 11.5 Å². The van der Waals surface area contributed by atoms with Gasteiger partial charge in [-0.25, -0.2) is 29.0 Å². The summed E-state index contributed by atoms with van der Waals surface area (Å²) in [6, 6.07) is 17.8. The molecule has 23 nitrogen and oxygen atoms in total. The maximum absolute atomic E-state index is 13.1. The second kappa shape index (κ2) is 33.1. The van der Waals surface area contributed by atoms with Gasteiger partial charge in [0.05, 0.1) is 78.1 Å². The molecule has 0 saturated heterocycles. The van der Waals surface area contributed by atoms with E-state index in [-0.39, 0.29) is 43.4 Å². The van der Waals surface area contributed by atoms with E-state index in [1.807, 2.05) is 60.7 Å². The molecule has 23 heteroatoms. The van der Waals surface area contributed by atoms with Crippen molar-refractivity contribution in [2.45, 2.75) is 130 Å². The minimum Gasteiger partial charge on any atom is -0.501 e. The predicted molar refractivity (Wildman–Crippen MR) is 279 cm³/mol. The number of oxime groups is 1. The van der Waals surface area contributed by atoms with Gasteiger partial charge in [0.25, 0.3) is 5.56 Å². The van der Waals surface area contributed by atoms with Crippen molar-refractivity contribution in [1.82, 2.24) is 19.8 Å². The van der Waals surface area contributed by atoms with Gasteiger partial charge in [0, 0.05) is 27.3 Å². The van der Waals surface area contributed by atoms with E-state index in [1.165, 1.54) is 9.80 Å². The third-order valence-electron chi connectivity index (χ3n) is 10.7. The molecule has 0 aliphatic rings. The fourth-order valence-corrected chi connectivity index (χ4v) is 6.92. The van der Waals surface area contributed by atoms with Gasteiger partial charge < -0.3 is 63.3 Å². The number of esters is 3. The van der Waals surface area contributed by atoms with Gasteiger partial charge in [0.1, 0.15) is 17.0 Å². The first-order valence-corrected chi connectivity index (χ1v) is 24.5. The van der Waals surface area contributed by atoms with E-state index in [4.69, 9.17) is 39.0 Å². The average Bonchev–Trinajstić information content (AvgIpc) is 3.38. The lowest BCUT2D eigenvalue weighted by Gasteiger charge is -2.33. The Bertz CT molecular complexity index is 2390. The quantitative estimate of drug-likeness (QED) is 0.0136. The molecule has 0 radical (unpaired) electrons. The molecule has 0 saturated carbocycles. The van der Waals surface area contributed by atoms with Crippen LogP contribution in [0.2, 0.25) is 0 Å². The number of amidine groups is 1. The number of hydrogen-bond donors (Lipinski definition) is 3. The molecule has 2 aromatic carbocycles. The van der Waals surface area contributed by atoms with Gasteiger partial charge in [-0.2, -0.15) is 0 Å². The Morgan fingerprint density at radius 2 is 1.20 bits per heavy atom. The van der Waals surface area contributed by atoms with E-state index < -0.39 is 76.1 Å². The van der Waals surface area contributed by atoms with Crippen molar-refractivity contribution in [3.63, 3.8) is 0 Å². The second-order valence-electron chi connectivity index (χ2n) is 18.7. The summed E-state index contributed by atoms with van der Waals surface area (Å²) in [6.45, 7) is 15.9. The molecular formula is C53H78N6O17. The van der Waals surface area contributed by atoms with Gasteiger partial charge in [-0.3, -0.25) is 14.6 Å². The Morgan fingerprint density at radius 1 is 0.711 bits per heavy atom. The molecule has 1 heterocycles. The number of aromatic hydroxyl groups is 1. The minimum atomic E-state index is -0.979. The van der Waals surface area contributed by atoms with E-state index >= 15 is 0 Å². The lowest BCUT2D eigenvalue weighted by Crippen LogP contribution is -2.50. The van der Waals surface area contributed by atoms with Gasteiger partial charge in [-0.15, -0.1) is 0 Å². The number of ether oxygens (including phenoxy) is 9. The van der Waals surface area contributed by atoms with Crippen molar-refractivity contribution in [2.75, 3.05) is 61.9 Å². The summed E-state index contributed by atoms with van der Waals surface area (Å²) in [7, 11) is 6.49. The largest absolute Gasteiger partial charge is 0.501 e. The van der Waals surface area contributed by atoms with E-state index in [0.717, 1.165) is 38.5 Å². The fraction of sp³-hybridized carbons (Fsp3) is 0.547. The van der Waals surface area contributed by atoms with Gasteiger partial charge >= 0.3 is 30.1 Å². The summed E-state index contributed by atoms with van der Waals surface area (Å²) in [5, 5.41) is 13.9. The van der Waals surface area contributed by atoms with E-state index in [2.05, 4.69) is 29.3 Å². The lowest BCUT2D eigenvalue weighted by atomic mass is 10.1. The fourth-order valence-electron chi connectivity index (χ4n) is 6.92. The second-order valence-corrected chi connectivity index (χ2v) is 18.7. The summed E-state index contributed by atoms with van der Waals surface area (Å²) in [4.78, 5) is 88.9. The highest BCUT2D eigenvalue weighted by Gasteiger charge is 2.34. The Balaban J connectivity index is 0.000000521. The zero-order valence-corrected chi connectivity index (χ0v) is 46.1. The van der Waals surface area contributed by atoms with Crippen LogP contribution in [0.25, 0.3) is 0 Å². The summed E-state index contributed by atoms with van der Waals surface area (Å²) in [6.07, 6.45) is 0.349. The Hall–Kier alpha value is -7.08. The average molecular weight is 1070 g/mol. The van der Waals surface area contributed by atoms with E-state index in [0.29, 0.717) is 45.7 Å². The number of nitrogens with zero attached hydrogens (tertiary/aromatic N) is 4. The molecule has 2 amide bonds. The predicted octanol–water partition coefficient (Wildman–Crippen LogP) is 6.71. The summed E-state index contributed by atoms with van der Waals surface area (Å²) >= 11 is 0. The zero-order valence-electron chi connectivity index (χ0n) is 46.1. The molecule has 4 atom stereocenters. The lowest BCUT2D eigenvalue weighted by molar-refractivity contribution is -0.142. The first-order valence-electron chi connectivity index (χ1n) is 24.5. The smallest absolute Gasteiger partial charge is 0.410 e. The number of aromatic nitrogens is 2. The molecule has 2 unspecified atom stereocenters. The maximum Gasteiger partial charge on any atom is 0.410 e. The normalized spacial score (nSPS) is 13.4. The van der Waals surface area contributed by atoms with Crippen LogP contribution in [0.3, 0.4) is 0 Å². The van der Waals surface area contributed by atoms with Gasteiger partial charge in [-0.05, 0) is 92.2 Å². The monoisotopic (exact) mass is 1070 g/mol. The van der Waals surface area contributed by atoms with Crippen molar-refractivity contribution in [3.8, 4) is 5.75 Å². The van der Waals surface area contributed by atoms with Crippen molar-refractivity contribution in [1.29, 1.82) is 0 Å². The molecule has 0 spiro atoms. The third kappa shape index (κ3) is 23.2. The Labute approximate surface area is 444 Å². The van der Waals surface area contributed by atoms with Crippen molar-refractivity contribution in [3.05, 3.63) is 105 Å². The van der Waals surface area contributed by atoms with Crippen molar-refractivity contribution >= 4 is 35.9 Å². The molecular weight excluding hydrogens is 993 g/mol. The number of nitrogens with two attached hydrogens (primary N) is 1. The number of hydrogen-bond acceptors (Lipinski definition) is 19. The standard InChI is InChI=1S/C27H41N3O9.C26H37N3O8/c1-8-30(26(33)38-27(2,3)4)21(24(28)29-39-22(25(32)36-7)16-23(31)35-6)15-14-20(34-5)18-37-17-19-12-10-9-11-13-19;1-7-29(25(33)37-26(2,3)4)19(22-27-20(24(32)35-6)21(30)23(31)28-22)14-13-18(34-5)16-36-15-17-11-9-8-10-12-17/h9-13,16,20-21H,8,14-15,17-18H2,1-7H3,(H2,28,29);8-12,18-19,30H,7,13-16H2,1-6H3,(H,27,28,31)/t20-,21?;18-,19?/m00/s1. The van der Waals surface area contributed by atoms with Crippen LogP contribution in [0.15, 0.2) is 82.4 Å². The molecule has 0 aliphatic carbocycles. The third-order valence-corrected chi connectivity index (χ3v) is 10.7. The zero-order chi connectivity index (χ0) is 57.0. The maximum atomic E-state index is 13.1. The number of likely N-dealkylation sites (N-methyl/N-ethyl adjacent to an activating group) is 1. The number of methoxy groups -OCH3 is 5. The highest BCUT2D eigenvalue weighted by atomic mass is 16.7. The van der Waals surface area contributed by atoms with Crippen LogP contribution in [0.5, 0.6) is 5.75 Å². The molecule has 4 N–H and O–H groups in total. The molecule has 0 aliphatic heterocycles. The summed E-state index contributed by atoms with van der Waals surface area (Å²) in [5.74, 6) is -4.34. The highest BCUT2D eigenvalue weighted by molar-refractivity contribution is 5.95. The molecule has 0 fully saturated rings. The number of benzene rings is 2. The Morgan fingerprint density at radius 3 is 1.63 bits per heavy atom. The van der Waals surface area contributed by atoms with Crippen LogP contribution in [0.4, 0.5) is 9.59 Å². The summed E-state index contributed by atoms with van der Waals surface area (Å²) < 4.78 is 47.7. The van der Waals surface area contributed by atoms with Crippen LogP contribution in [-0.4, -0.2) is 152 Å². The number of amides is 2. The van der Waals surface area contributed by atoms with Crippen molar-refractivity contribution in [2.24, 2.45) is 10.9 Å². The first-order chi connectivity index (χ1) is 35.9. The summed E-state index contributed by atoms with van der Waals surface area (Å²) in [5.41, 5.74) is 5.34. The van der Waals surface area contributed by atoms with E-state index in [9.17, 15) is 33.9 Å². The molecule has 76 heavy (non-hydrogen) atoms. The molecule has 0 bridgehead atoms. The van der Waals surface area contributed by atoms with Crippen LogP contribution in [-0.2, 0) is 70.3 Å². The van der Waals surface area contributed by atoms with Gasteiger partial charge in [-0.1, -0.05) is 65.8 Å². The highest BCUT2D eigenvalue weighted by Crippen LogP contribution is 2.28. The van der Waals surface area contributed by atoms with E-state index in [1.54, 1.807) is 69.6 Å². The number of H-pyrrole nitrogens is 1. The number of carbonyl (C=O) groups excluding carboxylic acids is 5. The van der Waals surface area contributed by atoms with Gasteiger partial charge in [0.2, 0.25) is 11.5 Å². The van der Waals surface area contributed by atoms with Crippen LogP contribution >= 0.6 is 0 Å². The number of nitrogens with one attached hydrogen (secondary N) is 1. The number of rotatable bonds is 27. The van der Waals surface area contributed by atoms with Crippen molar-refractivity contribution < 1.29 is 76.5 Å². The van der Waals surface area contributed by atoms with Crippen LogP contribution in [0.1, 0.15) is 115 Å². The van der Waals surface area contributed by atoms with Crippen LogP contribution in [0, 0.1) is 0 Å². The molecule has 3 rings (SSSR count). The topological polar surface area (TPSA) is 288 Å². The minimum absolute atomic E-state index is 0.0102.